The van der Waals surface area contributed by atoms with E-state index >= 15 is 0 Å². The Kier molecular flexibility index (Phi) is 4.90. The van der Waals surface area contributed by atoms with Gasteiger partial charge in [-0.3, -0.25) is 9.59 Å². The van der Waals surface area contributed by atoms with Crippen LogP contribution in [-0.2, 0) is 9.53 Å². The van der Waals surface area contributed by atoms with Gasteiger partial charge in [-0.2, -0.15) is 0 Å². The molecular weight excluding hydrogens is 300 g/mol. The lowest BCUT2D eigenvalue weighted by Gasteiger charge is -2.12. The molecule has 1 heterocycles. The van der Waals surface area contributed by atoms with Gasteiger partial charge in [0.25, 0.3) is 5.91 Å². The minimum absolute atomic E-state index is 0.0688. The van der Waals surface area contributed by atoms with Crippen LogP contribution in [0.2, 0.25) is 0 Å². The van der Waals surface area contributed by atoms with Crippen LogP contribution in [0.15, 0.2) is 34.9 Å². The molecule has 2 aromatic rings. The van der Waals surface area contributed by atoms with Gasteiger partial charge in [-0.25, -0.2) is 4.79 Å². The van der Waals surface area contributed by atoms with Gasteiger partial charge in [0.2, 0.25) is 5.76 Å². The maximum absolute atomic E-state index is 12.0. The van der Waals surface area contributed by atoms with E-state index in [1.54, 1.807) is 31.2 Å². The van der Waals surface area contributed by atoms with E-state index in [1.165, 1.54) is 19.9 Å². The van der Waals surface area contributed by atoms with Crippen molar-refractivity contribution in [1.29, 1.82) is 0 Å². The van der Waals surface area contributed by atoms with Crippen LogP contribution in [-0.4, -0.2) is 28.9 Å². The molecule has 120 valence electrons. The monoisotopic (exact) mass is 316 g/mol. The highest BCUT2D eigenvalue weighted by molar-refractivity contribution is 5.99. The van der Waals surface area contributed by atoms with E-state index in [0.717, 1.165) is 0 Å². The van der Waals surface area contributed by atoms with E-state index in [2.05, 4.69) is 10.5 Å². The Bertz CT molecular complexity index is 750. The van der Waals surface area contributed by atoms with Crippen molar-refractivity contribution in [2.24, 2.45) is 0 Å². The van der Waals surface area contributed by atoms with Crippen LogP contribution in [0.1, 0.15) is 40.5 Å². The topological polar surface area (TPSA) is 98.5 Å². The molecule has 7 nitrogen and oxygen atoms in total. The SMILES string of the molecule is CC(=O)c1cccc(NC(=O)[C@H](C)OC(=O)c2cc(C)no2)c1. The van der Waals surface area contributed by atoms with Gasteiger partial charge in [0.15, 0.2) is 11.9 Å². The first-order chi connectivity index (χ1) is 10.9. The van der Waals surface area contributed by atoms with Gasteiger partial charge in [-0.1, -0.05) is 17.3 Å². The fourth-order valence-corrected chi connectivity index (χ4v) is 1.79. The average Bonchev–Trinajstić information content (AvgIpc) is 2.94. The van der Waals surface area contributed by atoms with Crippen molar-refractivity contribution in [3.63, 3.8) is 0 Å². The predicted molar refractivity (Wildman–Crippen MR) is 81.2 cm³/mol. The number of ketones is 1. The van der Waals surface area contributed by atoms with Gasteiger partial charge in [-0.15, -0.1) is 0 Å². The van der Waals surface area contributed by atoms with Gasteiger partial charge >= 0.3 is 5.97 Å². The fraction of sp³-hybridized carbons (Fsp3) is 0.250. The van der Waals surface area contributed by atoms with Gasteiger partial charge in [0, 0.05) is 17.3 Å². The van der Waals surface area contributed by atoms with Crippen molar-refractivity contribution in [3.05, 3.63) is 47.3 Å². The molecule has 0 saturated carbocycles. The summed E-state index contributed by atoms with van der Waals surface area (Å²) in [6, 6.07) is 7.91. The molecule has 0 radical (unpaired) electrons. The van der Waals surface area contributed by atoms with Crippen molar-refractivity contribution < 1.29 is 23.6 Å². The van der Waals surface area contributed by atoms with Crippen LogP contribution < -0.4 is 5.32 Å². The summed E-state index contributed by atoms with van der Waals surface area (Å²) in [7, 11) is 0. The molecule has 0 fully saturated rings. The van der Waals surface area contributed by atoms with E-state index < -0.39 is 18.0 Å². The minimum Gasteiger partial charge on any atom is -0.447 e. The van der Waals surface area contributed by atoms with Crippen LogP contribution >= 0.6 is 0 Å². The molecule has 0 unspecified atom stereocenters. The van der Waals surface area contributed by atoms with Crippen molar-refractivity contribution in [3.8, 4) is 0 Å². The number of benzene rings is 1. The lowest BCUT2D eigenvalue weighted by Crippen LogP contribution is -2.30. The van der Waals surface area contributed by atoms with Crippen molar-refractivity contribution in [1.82, 2.24) is 5.16 Å². The number of nitrogens with one attached hydrogen (secondary N) is 1. The number of hydrogen-bond donors (Lipinski definition) is 1. The number of carbonyl (C=O) groups excluding carboxylic acids is 3. The molecule has 1 amide bonds. The van der Waals surface area contributed by atoms with Gasteiger partial charge < -0.3 is 14.6 Å². The normalized spacial score (nSPS) is 11.6. The second-order valence-electron chi connectivity index (χ2n) is 5.01. The van der Waals surface area contributed by atoms with E-state index in [-0.39, 0.29) is 11.5 Å². The fourth-order valence-electron chi connectivity index (χ4n) is 1.79. The number of aryl methyl sites for hydroxylation is 1. The summed E-state index contributed by atoms with van der Waals surface area (Å²) in [6.07, 6.45) is -1.03. The third-order valence-corrected chi connectivity index (χ3v) is 3.02. The Morgan fingerprint density at radius 3 is 2.61 bits per heavy atom. The Hall–Kier alpha value is -2.96. The standard InChI is InChI=1S/C16H16N2O5/c1-9-7-14(23-18-9)16(21)22-11(3)15(20)17-13-6-4-5-12(8-13)10(2)19/h4-8,11H,1-3H3,(H,17,20)/t11-/m0/s1. The maximum atomic E-state index is 12.0. The highest BCUT2D eigenvalue weighted by Gasteiger charge is 2.21. The number of aromatic nitrogens is 1. The first kappa shape index (κ1) is 16.4. The second kappa shape index (κ2) is 6.87. The van der Waals surface area contributed by atoms with Crippen LogP contribution in [0.5, 0.6) is 0 Å². The van der Waals surface area contributed by atoms with E-state index in [1.807, 2.05) is 0 Å². The molecule has 0 aliphatic heterocycles. The summed E-state index contributed by atoms with van der Waals surface area (Å²) >= 11 is 0. The van der Waals surface area contributed by atoms with Crippen LogP contribution in [0.25, 0.3) is 0 Å². The zero-order valence-electron chi connectivity index (χ0n) is 13.0. The second-order valence-corrected chi connectivity index (χ2v) is 5.01. The molecule has 0 saturated heterocycles. The predicted octanol–water partition coefficient (Wildman–Crippen LogP) is 2.37. The third-order valence-electron chi connectivity index (χ3n) is 3.02. The van der Waals surface area contributed by atoms with Crippen LogP contribution in [0.3, 0.4) is 0 Å². The summed E-state index contributed by atoms with van der Waals surface area (Å²) in [6.45, 7) is 4.54. The zero-order chi connectivity index (χ0) is 17.0. The molecule has 1 atom stereocenters. The highest BCUT2D eigenvalue weighted by atomic mass is 16.6. The quantitative estimate of drug-likeness (QED) is 0.671. The summed E-state index contributed by atoms with van der Waals surface area (Å²) < 4.78 is 9.78. The van der Waals surface area contributed by atoms with Crippen LogP contribution in [0, 0.1) is 6.92 Å². The number of hydrogen-bond acceptors (Lipinski definition) is 6. The van der Waals surface area contributed by atoms with Gasteiger partial charge in [-0.05, 0) is 32.9 Å². The number of ether oxygens (including phenoxy) is 1. The lowest BCUT2D eigenvalue weighted by molar-refractivity contribution is -0.123. The van der Waals surface area contributed by atoms with Crippen molar-refractivity contribution >= 4 is 23.3 Å². The number of rotatable bonds is 5. The summed E-state index contributed by atoms with van der Waals surface area (Å²) in [5, 5.41) is 6.16. The Labute approximate surface area is 132 Å². The average molecular weight is 316 g/mol. The molecule has 0 aliphatic rings. The first-order valence-electron chi connectivity index (χ1n) is 6.93. The maximum Gasteiger partial charge on any atom is 0.377 e. The molecule has 2 rings (SSSR count). The Morgan fingerprint density at radius 1 is 1.26 bits per heavy atom. The molecule has 7 heteroatoms. The summed E-state index contributed by atoms with van der Waals surface area (Å²) in [5.41, 5.74) is 1.46. The minimum atomic E-state index is -1.03. The van der Waals surface area contributed by atoms with Crippen molar-refractivity contribution in [2.45, 2.75) is 26.9 Å². The molecule has 0 spiro atoms. The van der Waals surface area contributed by atoms with Gasteiger partial charge in [0.1, 0.15) is 0 Å². The Balaban J connectivity index is 1.98. The molecule has 1 aromatic heterocycles. The zero-order valence-corrected chi connectivity index (χ0v) is 13.0. The summed E-state index contributed by atoms with van der Waals surface area (Å²) in [5.74, 6) is -1.47. The van der Waals surface area contributed by atoms with E-state index in [4.69, 9.17) is 9.26 Å². The van der Waals surface area contributed by atoms with E-state index in [9.17, 15) is 14.4 Å². The summed E-state index contributed by atoms with van der Waals surface area (Å²) in [4.78, 5) is 35.2. The molecule has 0 bridgehead atoms. The third kappa shape index (κ3) is 4.26. The number of esters is 1. The van der Waals surface area contributed by atoms with Crippen molar-refractivity contribution in [2.75, 3.05) is 5.32 Å². The number of Topliss-reactive ketones (excluding diaryl/α,β-unsaturated/α-hetero) is 1. The highest BCUT2D eigenvalue weighted by Crippen LogP contribution is 2.13. The molecule has 23 heavy (non-hydrogen) atoms. The van der Waals surface area contributed by atoms with Gasteiger partial charge in [0.05, 0.1) is 5.69 Å². The number of carbonyl (C=O) groups is 3. The number of anilines is 1. The molecule has 1 N–H and O–H groups in total. The number of nitrogens with zero attached hydrogens (tertiary/aromatic N) is 1. The van der Waals surface area contributed by atoms with Crippen LogP contribution in [0.4, 0.5) is 5.69 Å². The lowest BCUT2D eigenvalue weighted by atomic mass is 10.1. The molecule has 0 aliphatic carbocycles. The molecule has 1 aromatic carbocycles. The Morgan fingerprint density at radius 2 is 2.00 bits per heavy atom. The smallest absolute Gasteiger partial charge is 0.377 e. The first-order valence-corrected chi connectivity index (χ1v) is 6.93. The molecular formula is C16H16N2O5. The largest absolute Gasteiger partial charge is 0.447 e. The van der Waals surface area contributed by atoms with E-state index in [0.29, 0.717) is 16.9 Å². The number of amides is 1.